The van der Waals surface area contributed by atoms with Gasteiger partial charge in [0.2, 0.25) is 0 Å². The van der Waals surface area contributed by atoms with E-state index in [0.717, 1.165) is 5.56 Å². The van der Waals surface area contributed by atoms with Crippen molar-refractivity contribution in [3.8, 4) is 0 Å². The molecule has 0 radical (unpaired) electrons. The standard InChI is InChI=1S/C11H16O2Si/c1-14(2,3)11-9-7-5-4-6-8(9)10(12)13-11/h4-7,10-12H,1-3H3. The summed E-state index contributed by atoms with van der Waals surface area (Å²) >= 11 is 0. The van der Waals surface area contributed by atoms with Gasteiger partial charge in [-0.2, -0.15) is 0 Å². The largest absolute Gasteiger partial charge is 0.364 e. The van der Waals surface area contributed by atoms with Gasteiger partial charge in [-0.05, 0) is 5.56 Å². The predicted octanol–water partition coefficient (Wildman–Crippen LogP) is 2.63. The minimum Gasteiger partial charge on any atom is -0.364 e. The number of aliphatic hydroxyl groups excluding tert-OH is 1. The molecule has 0 spiro atoms. The Morgan fingerprint density at radius 1 is 1.14 bits per heavy atom. The van der Waals surface area contributed by atoms with Gasteiger partial charge in [0, 0.05) is 5.56 Å². The Kier molecular flexibility index (Phi) is 2.25. The fourth-order valence-electron chi connectivity index (χ4n) is 1.92. The molecule has 0 aliphatic carbocycles. The molecular formula is C11H16O2Si. The Morgan fingerprint density at radius 3 is 2.29 bits per heavy atom. The summed E-state index contributed by atoms with van der Waals surface area (Å²) in [5.74, 6) is 0. The molecule has 0 saturated heterocycles. The summed E-state index contributed by atoms with van der Waals surface area (Å²) in [5, 5.41) is 9.72. The lowest BCUT2D eigenvalue weighted by molar-refractivity contribution is -0.100. The molecule has 0 saturated carbocycles. The Morgan fingerprint density at radius 2 is 1.71 bits per heavy atom. The van der Waals surface area contributed by atoms with Crippen LogP contribution in [0, 0.1) is 0 Å². The van der Waals surface area contributed by atoms with Crippen molar-refractivity contribution in [3.05, 3.63) is 35.4 Å². The molecule has 2 rings (SSSR count). The number of aliphatic hydroxyl groups is 1. The first-order valence-corrected chi connectivity index (χ1v) is 8.50. The zero-order chi connectivity index (χ0) is 10.3. The summed E-state index contributed by atoms with van der Waals surface area (Å²) in [4.78, 5) is 0. The first kappa shape index (κ1) is 9.89. The molecule has 14 heavy (non-hydrogen) atoms. The highest BCUT2D eigenvalue weighted by atomic mass is 28.3. The van der Waals surface area contributed by atoms with Crippen molar-refractivity contribution in [2.45, 2.75) is 31.7 Å². The summed E-state index contributed by atoms with van der Waals surface area (Å²) in [6.07, 6.45) is -0.720. The third kappa shape index (κ3) is 1.51. The number of ether oxygens (including phenoxy) is 1. The van der Waals surface area contributed by atoms with Gasteiger partial charge in [-0.3, -0.25) is 0 Å². The highest BCUT2D eigenvalue weighted by Gasteiger charge is 2.38. The van der Waals surface area contributed by atoms with Crippen molar-refractivity contribution in [2.75, 3.05) is 0 Å². The van der Waals surface area contributed by atoms with Crippen molar-refractivity contribution in [1.29, 1.82) is 0 Å². The van der Waals surface area contributed by atoms with E-state index in [4.69, 9.17) is 4.74 Å². The topological polar surface area (TPSA) is 29.5 Å². The molecule has 3 heteroatoms. The first-order valence-electron chi connectivity index (χ1n) is 4.92. The van der Waals surface area contributed by atoms with Crippen molar-refractivity contribution < 1.29 is 9.84 Å². The highest BCUT2D eigenvalue weighted by Crippen LogP contribution is 2.42. The number of benzene rings is 1. The van der Waals surface area contributed by atoms with E-state index in [1.165, 1.54) is 5.56 Å². The minimum absolute atomic E-state index is 0.133. The van der Waals surface area contributed by atoms with E-state index in [2.05, 4.69) is 25.7 Å². The molecule has 1 aliphatic heterocycles. The molecule has 1 heterocycles. The van der Waals surface area contributed by atoms with Gasteiger partial charge in [-0.1, -0.05) is 43.9 Å². The second-order valence-corrected chi connectivity index (χ2v) is 10.1. The smallest absolute Gasteiger partial charge is 0.181 e. The van der Waals surface area contributed by atoms with E-state index < -0.39 is 14.4 Å². The van der Waals surface area contributed by atoms with Gasteiger partial charge in [0.05, 0.1) is 13.8 Å². The molecular weight excluding hydrogens is 192 g/mol. The van der Waals surface area contributed by atoms with Crippen molar-refractivity contribution in [1.82, 2.24) is 0 Å². The number of hydrogen-bond donors (Lipinski definition) is 1. The van der Waals surface area contributed by atoms with E-state index in [-0.39, 0.29) is 5.73 Å². The van der Waals surface area contributed by atoms with E-state index in [9.17, 15) is 5.11 Å². The van der Waals surface area contributed by atoms with Crippen LogP contribution >= 0.6 is 0 Å². The van der Waals surface area contributed by atoms with Crippen LogP contribution < -0.4 is 0 Å². The fraction of sp³-hybridized carbons (Fsp3) is 0.455. The monoisotopic (exact) mass is 208 g/mol. The maximum Gasteiger partial charge on any atom is 0.181 e. The van der Waals surface area contributed by atoms with Gasteiger partial charge in [-0.15, -0.1) is 0 Å². The van der Waals surface area contributed by atoms with Gasteiger partial charge in [0.1, 0.15) is 0 Å². The Hall–Kier alpha value is -0.643. The third-order valence-electron chi connectivity index (χ3n) is 2.60. The lowest BCUT2D eigenvalue weighted by atomic mass is 10.1. The molecule has 1 aromatic carbocycles. The van der Waals surface area contributed by atoms with Crippen molar-refractivity contribution >= 4 is 8.07 Å². The summed E-state index contributed by atoms with van der Waals surface area (Å²) in [5.41, 5.74) is 2.26. The molecule has 1 aromatic rings. The van der Waals surface area contributed by atoms with E-state index in [1.54, 1.807) is 0 Å². The SMILES string of the molecule is C[Si](C)(C)C1OC(O)c2ccccc21. The predicted molar refractivity (Wildman–Crippen MR) is 58.6 cm³/mol. The molecule has 0 fully saturated rings. The van der Waals surface area contributed by atoms with Crippen LogP contribution in [0.1, 0.15) is 23.1 Å². The normalized spacial score (nSPS) is 26.3. The van der Waals surface area contributed by atoms with Gasteiger partial charge >= 0.3 is 0 Å². The average Bonchev–Trinajstić information content (AvgIpc) is 2.44. The van der Waals surface area contributed by atoms with Gasteiger partial charge in [0.15, 0.2) is 6.29 Å². The maximum atomic E-state index is 9.72. The van der Waals surface area contributed by atoms with Crippen LogP contribution in [0.15, 0.2) is 24.3 Å². The van der Waals surface area contributed by atoms with Gasteiger partial charge < -0.3 is 9.84 Å². The quantitative estimate of drug-likeness (QED) is 0.719. The molecule has 0 aromatic heterocycles. The molecule has 1 N–H and O–H groups in total. The second kappa shape index (κ2) is 3.19. The highest BCUT2D eigenvalue weighted by molar-refractivity contribution is 6.77. The molecule has 2 unspecified atom stereocenters. The molecule has 2 nitrogen and oxygen atoms in total. The Balaban J connectivity index is 2.44. The Bertz CT molecular complexity index is 343. The van der Waals surface area contributed by atoms with Crippen LogP contribution in [0.3, 0.4) is 0 Å². The zero-order valence-corrected chi connectivity index (χ0v) is 9.82. The van der Waals surface area contributed by atoms with E-state index in [0.29, 0.717) is 0 Å². The average molecular weight is 208 g/mol. The maximum absolute atomic E-state index is 9.72. The van der Waals surface area contributed by atoms with Crippen LogP contribution in [0.4, 0.5) is 0 Å². The number of fused-ring (bicyclic) bond motifs is 1. The van der Waals surface area contributed by atoms with Crippen LogP contribution in [-0.4, -0.2) is 13.2 Å². The van der Waals surface area contributed by atoms with Crippen LogP contribution in [-0.2, 0) is 4.74 Å². The lowest BCUT2D eigenvalue weighted by Gasteiger charge is -2.24. The summed E-state index contributed by atoms with van der Waals surface area (Å²) in [6.45, 7) is 6.77. The molecule has 0 bridgehead atoms. The van der Waals surface area contributed by atoms with E-state index >= 15 is 0 Å². The summed E-state index contributed by atoms with van der Waals surface area (Å²) in [7, 11) is -1.40. The molecule has 76 valence electrons. The Labute approximate surface area is 85.5 Å². The van der Waals surface area contributed by atoms with E-state index in [1.807, 2.05) is 18.2 Å². The summed E-state index contributed by atoms with van der Waals surface area (Å²) in [6, 6.07) is 7.96. The van der Waals surface area contributed by atoms with Crippen molar-refractivity contribution in [3.63, 3.8) is 0 Å². The van der Waals surface area contributed by atoms with Crippen LogP contribution in [0.2, 0.25) is 19.6 Å². The first-order chi connectivity index (χ1) is 6.50. The summed E-state index contributed by atoms with van der Waals surface area (Å²) < 4.78 is 5.61. The fourth-order valence-corrected chi connectivity index (χ4v) is 3.65. The van der Waals surface area contributed by atoms with Crippen LogP contribution in [0.25, 0.3) is 0 Å². The van der Waals surface area contributed by atoms with Crippen molar-refractivity contribution in [2.24, 2.45) is 0 Å². The van der Waals surface area contributed by atoms with Gasteiger partial charge in [0.25, 0.3) is 0 Å². The van der Waals surface area contributed by atoms with Crippen LogP contribution in [0.5, 0.6) is 0 Å². The molecule has 2 atom stereocenters. The minimum atomic E-state index is -1.40. The zero-order valence-electron chi connectivity index (χ0n) is 8.82. The lowest BCUT2D eigenvalue weighted by Crippen LogP contribution is -2.30. The van der Waals surface area contributed by atoms with Gasteiger partial charge in [-0.25, -0.2) is 0 Å². The molecule has 1 aliphatic rings. The molecule has 0 amide bonds. The second-order valence-electron chi connectivity index (χ2n) is 4.86. The third-order valence-corrected chi connectivity index (χ3v) is 4.62. The number of hydrogen-bond acceptors (Lipinski definition) is 2. The number of rotatable bonds is 1.